The fourth-order valence-electron chi connectivity index (χ4n) is 3.75. The number of nitrogens with zero attached hydrogens (tertiary/aromatic N) is 2. The van der Waals surface area contributed by atoms with Crippen LogP contribution in [0.3, 0.4) is 0 Å². The van der Waals surface area contributed by atoms with Crippen LogP contribution in [0, 0.1) is 5.82 Å². The van der Waals surface area contributed by atoms with Crippen molar-refractivity contribution in [3.63, 3.8) is 0 Å². The van der Waals surface area contributed by atoms with E-state index in [1.807, 2.05) is 13.8 Å². The van der Waals surface area contributed by atoms with Crippen molar-refractivity contribution in [2.24, 2.45) is 0 Å². The van der Waals surface area contributed by atoms with Crippen LogP contribution in [0.25, 0.3) is 5.69 Å². The Morgan fingerprint density at radius 3 is 2.67 bits per heavy atom. The summed E-state index contributed by atoms with van der Waals surface area (Å²) in [6.45, 7) is 3.73. The van der Waals surface area contributed by atoms with Crippen LogP contribution in [-0.2, 0) is 17.6 Å². The van der Waals surface area contributed by atoms with Gasteiger partial charge in [-0.1, -0.05) is 19.9 Å². The van der Waals surface area contributed by atoms with Crippen LogP contribution < -0.4 is 5.32 Å². The molecule has 0 radical (unpaired) electrons. The molecule has 7 heteroatoms. The van der Waals surface area contributed by atoms with E-state index < -0.39 is 11.5 Å². The number of carbonyl (C=O) groups excluding carboxylic acids is 1. The summed E-state index contributed by atoms with van der Waals surface area (Å²) in [6, 6.07) is 6.12. The number of carboxylic acids is 1. The zero-order valence-corrected chi connectivity index (χ0v) is 15.6. The molecule has 0 unspecified atom stereocenters. The molecule has 1 aromatic carbocycles. The highest BCUT2D eigenvalue weighted by atomic mass is 19.1. The Bertz CT molecular complexity index is 871. The SMILES string of the molecule is CCC(CC)(CC(=O)O)NC(=O)c1nn(-c2cccc(F)c2)c2c1CCC2. The number of aliphatic carboxylic acids is 1. The van der Waals surface area contributed by atoms with Gasteiger partial charge in [0.25, 0.3) is 5.91 Å². The van der Waals surface area contributed by atoms with Crippen molar-refractivity contribution in [1.29, 1.82) is 0 Å². The van der Waals surface area contributed by atoms with E-state index in [2.05, 4.69) is 10.4 Å². The molecule has 1 aliphatic rings. The summed E-state index contributed by atoms with van der Waals surface area (Å²) in [7, 11) is 0. The molecule has 0 atom stereocenters. The molecule has 2 N–H and O–H groups in total. The van der Waals surface area contributed by atoms with Crippen LogP contribution in [0.4, 0.5) is 4.39 Å². The maximum Gasteiger partial charge on any atom is 0.305 e. The van der Waals surface area contributed by atoms with E-state index in [-0.39, 0.29) is 18.1 Å². The second-order valence-corrected chi connectivity index (χ2v) is 7.03. The number of hydrogen-bond acceptors (Lipinski definition) is 3. The first-order valence-electron chi connectivity index (χ1n) is 9.30. The molecule has 1 amide bonds. The van der Waals surface area contributed by atoms with Gasteiger partial charge in [0.1, 0.15) is 5.82 Å². The molecule has 1 aliphatic carbocycles. The van der Waals surface area contributed by atoms with E-state index in [1.165, 1.54) is 12.1 Å². The van der Waals surface area contributed by atoms with Crippen molar-refractivity contribution >= 4 is 11.9 Å². The molecule has 0 bridgehead atoms. The van der Waals surface area contributed by atoms with Crippen molar-refractivity contribution in [2.75, 3.05) is 0 Å². The van der Waals surface area contributed by atoms with E-state index in [0.29, 0.717) is 24.2 Å². The summed E-state index contributed by atoms with van der Waals surface area (Å²) in [5.41, 5.74) is 1.87. The number of carboxylic acid groups (broad SMARTS) is 1. The van der Waals surface area contributed by atoms with Gasteiger partial charge in [-0.15, -0.1) is 0 Å². The highest BCUT2D eigenvalue weighted by Gasteiger charge is 2.34. The van der Waals surface area contributed by atoms with Gasteiger partial charge in [0.05, 0.1) is 17.6 Å². The van der Waals surface area contributed by atoms with Gasteiger partial charge in [0, 0.05) is 11.3 Å². The second kappa shape index (κ2) is 7.50. The minimum atomic E-state index is -0.950. The Kier molecular flexibility index (Phi) is 5.30. The van der Waals surface area contributed by atoms with Gasteiger partial charge in [-0.3, -0.25) is 9.59 Å². The predicted molar refractivity (Wildman–Crippen MR) is 98.6 cm³/mol. The number of benzene rings is 1. The Morgan fingerprint density at radius 1 is 1.30 bits per heavy atom. The highest BCUT2D eigenvalue weighted by Crippen LogP contribution is 2.29. The summed E-state index contributed by atoms with van der Waals surface area (Å²) < 4.78 is 15.3. The molecule has 3 rings (SSSR count). The van der Waals surface area contributed by atoms with Crippen LogP contribution in [0.15, 0.2) is 24.3 Å². The highest BCUT2D eigenvalue weighted by molar-refractivity contribution is 5.95. The lowest BCUT2D eigenvalue weighted by molar-refractivity contribution is -0.138. The standard InChI is InChI=1S/C20H24FN3O3/c1-3-20(4-2,12-17(25)26)22-19(27)18-15-9-6-10-16(15)24(23-18)14-8-5-7-13(21)11-14/h5,7-8,11H,3-4,6,9-10,12H2,1-2H3,(H,22,27)(H,25,26). The first kappa shape index (κ1) is 19.1. The van der Waals surface area contributed by atoms with E-state index in [1.54, 1.807) is 16.8 Å². The first-order chi connectivity index (χ1) is 12.9. The average Bonchev–Trinajstić information content (AvgIpc) is 3.23. The van der Waals surface area contributed by atoms with Crippen molar-refractivity contribution in [3.8, 4) is 5.69 Å². The van der Waals surface area contributed by atoms with Crippen molar-refractivity contribution in [1.82, 2.24) is 15.1 Å². The number of nitrogens with one attached hydrogen (secondary N) is 1. The van der Waals surface area contributed by atoms with Crippen LogP contribution in [0.5, 0.6) is 0 Å². The van der Waals surface area contributed by atoms with Gasteiger partial charge in [0.15, 0.2) is 5.69 Å². The zero-order valence-electron chi connectivity index (χ0n) is 15.6. The maximum atomic E-state index is 13.6. The lowest BCUT2D eigenvalue weighted by atomic mass is 9.88. The fraction of sp³-hybridized carbons (Fsp3) is 0.450. The molecule has 0 fully saturated rings. The summed E-state index contributed by atoms with van der Waals surface area (Å²) >= 11 is 0. The molecular weight excluding hydrogens is 349 g/mol. The second-order valence-electron chi connectivity index (χ2n) is 7.03. The molecule has 0 aliphatic heterocycles. The molecule has 0 saturated carbocycles. The van der Waals surface area contributed by atoms with Crippen LogP contribution in [0.1, 0.15) is 61.3 Å². The molecule has 0 saturated heterocycles. The largest absolute Gasteiger partial charge is 0.481 e. The summed E-state index contributed by atoms with van der Waals surface area (Å²) in [5, 5.41) is 16.6. The molecule has 27 heavy (non-hydrogen) atoms. The molecule has 1 heterocycles. The van der Waals surface area contributed by atoms with E-state index in [9.17, 15) is 19.1 Å². The molecule has 144 valence electrons. The molecular formula is C20H24FN3O3. The number of amides is 1. The Balaban J connectivity index is 1.96. The number of halogens is 1. The normalized spacial score (nSPS) is 13.4. The molecule has 2 aromatic rings. The minimum Gasteiger partial charge on any atom is -0.481 e. The van der Waals surface area contributed by atoms with Gasteiger partial charge in [0.2, 0.25) is 0 Å². The molecule has 6 nitrogen and oxygen atoms in total. The lowest BCUT2D eigenvalue weighted by Crippen LogP contribution is -2.49. The molecule has 1 aromatic heterocycles. The third-order valence-corrected chi connectivity index (χ3v) is 5.42. The van der Waals surface area contributed by atoms with Crippen molar-refractivity contribution in [3.05, 3.63) is 47.0 Å². The Hall–Kier alpha value is -2.70. The fourth-order valence-corrected chi connectivity index (χ4v) is 3.75. The van der Waals surface area contributed by atoms with Crippen LogP contribution >= 0.6 is 0 Å². The van der Waals surface area contributed by atoms with Crippen molar-refractivity contribution < 1.29 is 19.1 Å². The van der Waals surface area contributed by atoms with Gasteiger partial charge in [-0.2, -0.15) is 5.10 Å². The zero-order chi connectivity index (χ0) is 19.6. The average molecular weight is 373 g/mol. The number of aromatic nitrogens is 2. The number of fused-ring (bicyclic) bond motifs is 1. The van der Waals surface area contributed by atoms with Gasteiger partial charge in [-0.05, 0) is 50.3 Å². The van der Waals surface area contributed by atoms with Gasteiger partial charge in [-0.25, -0.2) is 9.07 Å². The van der Waals surface area contributed by atoms with Gasteiger partial charge >= 0.3 is 5.97 Å². The Labute approximate surface area is 157 Å². The summed E-state index contributed by atoms with van der Waals surface area (Å²) in [5.74, 6) is -1.68. The first-order valence-corrected chi connectivity index (χ1v) is 9.30. The van der Waals surface area contributed by atoms with E-state index in [4.69, 9.17) is 0 Å². The number of hydrogen-bond donors (Lipinski definition) is 2. The van der Waals surface area contributed by atoms with Crippen LogP contribution in [-0.4, -0.2) is 32.3 Å². The van der Waals surface area contributed by atoms with E-state index >= 15 is 0 Å². The predicted octanol–water partition coefficient (Wildman–Crippen LogP) is 3.26. The van der Waals surface area contributed by atoms with Crippen LogP contribution in [0.2, 0.25) is 0 Å². The smallest absolute Gasteiger partial charge is 0.305 e. The lowest BCUT2D eigenvalue weighted by Gasteiger charge is -2.31. The topological polar surface area (TPSA) is 84.2 Å². The maximum absolute atomic E-state index is 13.6. The number of carbonyl (C=O) groups is 2. The van der Waals surface area contributed by atoms with Gasteiger partial charge < -0.3 is 10.4 Å². The third-order valence-electron chi connectivity index (χ3n) is 5.42. The summed E-state index contributed by atoms with van der Waals surface area (Å²) in [6.07, 6.45) is 3.29. The monoisotopic (exact) mass is 373 g/mol. The molecule has 0 spiro atoms. The third kappa shape index (κ3) is 3.72. The quantitative estimate of drug-likeness (QED) is 0.780. The number of rotatable bonds is 7. The van der Waals surface area contributed by atoms with E-state index in [0.717, 1.165) is 30.5 Å². The summed E-state index contributed by atoms with van der Waals surface area (Å²) in [4.78, 5) is 24.2. The van der Waals surface area contributed by atoms with Crippen molar-refractivity contribution in [2.45, 2.75) is 57.9 Å². The minimum absolute atomic E-state index is 0.140. The Morgan fingerprint density at radius 2 is 2.04 bits per heavy atom.